The molecule has 0 atom stereocenters. The molecule has 3 amide bonds. The third-order valence-corrected chi connectivity index (χ3v) is 2.90. The molecular weight excluding hydrogens is 408 g/mol. The van der Waals surface area contributed by atoms with Crippen molar-refractivity contribution < 1.29 is 43.1 Å². The molecule has 0 radical (unpaired) electrons. The lowest BCUT2D eigenvalue weighted by molar-refractivity contribution is -0.132. The van der Waals surface area contributed by atoms with Crippen LogP contribution in [-0.4, -0.2) is 73.8 Å². The van der Waals surface area contributed by atoms with Gasteiger partial charge in [-0.15, -0.1) is 15.0 Å². The normalized spacial score (nSPS) is 10.1. The fourth-order valence-corrected chi connectivity index (χ4v) is 1.71. The number of amides is 3. The van der Waals surface area contributed by atoms with Crippen molar-refractivity contribution in [2.24, 2.45) is 0 Å². The molecule has 0 fully saturated rings. The Morgan fingerprint density at radius 1 is 0.600 bits per heavy atom. The van der Waals surface area contributed by atoms with E-state index < -0.39 is 17.7 Å². The lowest BCUT2D eigenvalue weighted by Crippen LogP contribution is -2.24. The Morgan fingerprint density at radius 2 is 0.867 bits per heavy atom. The summed E-state index contributed by atoms with van der Waals surface area (Å²) in [7, 11) is 3.91. The van der Waals surface area contributed by atoms with E-state index >= 15 is 0 Å². The van der Waals surface area contributed by atoms with Crippen LogP contribution in [0, 0.1) is 0 Å². The van der Waals surface area contributed by atoms with Gasteiger partial charge in [0.25, 0.3) is 0 Å². The highest BCUT2D eigenvalue weighted by molar-refractivity contribution is 5.75. The van der Waals surface area contributed by atoms with Gasteiger partial charge in [-0.05, 0) is 0 Å². The molecule has 1 rings (SSSR count). The molecule has 3 N–H and O–H groups in total. The largest absolute Gasteiger partial charge is 0.463 e. The summed E-state index contributed by atoms with van der Waals surface area (Å²) in [4.78, 5) is 59.3. The van der Waals surface area contributed by atoms with Crippen LogP contribution >= 0.6 is 0 Å². The van der Waals surface area contributed by atoms with Crippen molar-refractivity contribution in [3.63, 3.8) is 0 Å². The van der Waals surface area contributed by atoms with Gasteiger partial charge in [-0.2, -0.15) is 0 Å². The minimum Gasteiger partial charge on any atom is -0.463 e. The summed E-state index contributed by atoms with van der Waals surface area (Å²) in [5.41, 5.74) is 6.40. The van der Waals surface area contributed by atoms with Crippen molar-refractivity contribution in [3.8, 4) is 18.0 Å². The number of carbonyl (C=O) groups is 3. The number of hydroxylamine groups is 3. The second-order valence-electron chi connectivity index (χ2n) is 5.17. The zero-order valence-corrected chi connectivity index (χ0v) is 16.8. The molecule has 30 heavy (non-hydrogen) atoms. The SMILES string of the molecule is CONC(=O)CCOc1nc(OCCC(=O)NOC)nc(OCCC(=O)NOC)n1. The van der Waals surface area contributed by atoms with Crippen molar-refractivity contribution in [1.82, 2.24) is 31.4 Å². The molecule has 168 valence electrons. The molecule has 1 aromatic rings. The van der Waals surface area contributed by atoms with Crippen LogP contribution in [0.2, 0.25) is 0 Å². The van der Waals surface area contributed by atoms with Gasteiger partial charge in [-0.3, -0.25) is 28.9 Å². The minimum absolute atomic E-state index is 0.0275. The smallest absolute Gasteiger partial charge is 0.325 e. The molecule has 0 spiro atoms. The van der Waals surface area contributed by atoms with E-state index in [-0.39, 0.29) is 57.1 Å². The monoisotopic (exact) mass is 432 g/mol. The number of carbonyl (C=O) groups excluding carboxylic acids is 3. The van der Waals surface area contributed by atoms with Crippen molar-refractivity contribution >= 4 is 17.7 Å². The molecule has 0 saturated heterocycles. The predicted molar refractivity (Wildman–Crippen MR) is 95.6 cm³/mol. The quantitative estimate of drug-likeness (QED) is 0.265. The van der Waals surface area contributed by atoms with E-state index in [1.807, 2.05) is 0 Å². The Hall–Kier alpha value is -3.30. The van der Waals surface area contributed by atoms with Crippen molar-refractivity contribution in [1.29, 1.82) is 0 Å². The Kier molecular flexibility index (Phi) is 12.1. The fraction of sp³-hybridized carbons (Fsp3) is 0.600. The summed E-state index contributed by atoms with van der Waals surface area (Å²) in [5.74, 6) is -1.23. The first-order valence-corrected chi connectivity index (χ1v) is 8.58. The first-order valence-electron chi connectivity index (χ1n) is 8.58. The van der Waals surface area contributed by atoms with Crippen LogP contribution < -0.4 is 30.7 Å². The standard InChI is InChI=1S/C15H24N6O9/c1-25-19-10(22)4-7-28-13-16-14(29-8-5-11(23)20-26-2)18-15(17-13)30-9-6-12(24)21-27-3/h4-9H2,1-3H3,(H,19,22)(H,20,23)(H,21,24). The average molecular weight is 432 g/mol. The number of aromatic nitrogens is 3. The maximum atomic E-state index is 11.4. The average Bonchev–Trinajstić information content (AvgIpc) is 2.68. The summed E-state index contributed by atoms with van der Waals surface area (Å²) < 4.78 is 15.9. The van der Waals surface area contributed by atoms with Crippen LogP contribution in [0.1, 0.15) is 19.3 Å². The molecular formula is C15H24N6O9. The van der Waals surface area contributed by atoms with Gasteiger partial charge in [0.2, 0.25) is 17.7 Å². The highest BCUT2D eigenvalue weighted by atomic mass is 16.6. The number of nitrogens with one attached hydrogen (secondary N) is 3. The van der Waals surface area contributed by atoms with E-state index in [1.165, 1.54) is 21.3 Å². The molecule has 0 unspecified atom stereocenters. The maximum absolute atomic E-state index is 11.4. The van der Waals surface area contributed by atoms with Gasteiger partial charge in [-0.25, -0.2) is 16.4 Å². The van der Waals surface area contributed by atoms with Crippen LogP contribution in [0.15, 0.2) is 0 Å². The summed E-state index contributed by atoms with van der Waals surface area (Å²) in [6, 6.07) is -0.534. The Labute approximate surface area is 171 Å². The van der Waals surface area contributed by atoms with E-state index in [4.69, 9.17) is 14.2 Å². The van der Waals surface area contributed by atoms with Gasteiger partial charge in [-0.1, -0.05) is 0 Å². The fourth-order valence-electron chi connectivity index (χ4n) is 1.71. The Bertz CT molecular complexity index is 588. The molecule has 0 saturated carbocycles. The highest BCUT2D eigenvalue weighted by Crippen LogP contribution is 2.15. The number of rotatable bonds is 15. The topological polar surface area (TPSA) is 181 Å². The molecule has 1 aromatic heterocycles. The Balaban J connectivity index is 2.69. The van der Waals surface area contributed by atoms with Gasteiger partial charge in [0.15, 0.2) is 0 Å². The lowest BCUT2D eigenvalue weighted by atomic mass is 10.4. The summed E-state index contributed by atoms with van der Waals surface area (Å²) in [6.07, 6.45) is -0.0825. The summed E-state index contributed by atoms with van der Waals surface area (Å²) >= 11 is 0. The molecule has 0 aliphatic heterocycles. The predicted octanol–water partition coefficient (Wildman–Crippen LogP) is -1.79. The Morgan fingerprint density at radius 3 is 1.10 bits per heavy atom. The third-order valence-electron chi connectivity index (χ3n) is 2.90. The van der Waals surface area contributed by atoms with Crippen LogP contribution in [0.3, 0.4) is 0 Å². The third kappa shape index (κ3) is 10.9. The molecule has 15 heteroatoms. The van der Waals surface area contributed by atoms with Gasteiger partial charge in [0.05, 0.1) is 40.6 Å². The number of ether oxygens (including phenoxy) is 3. The highest BCUT2D eigenvalue weighted by Gasteiger charge is 2.12. The molecule has 0 aromatic carbocycles. The first kappa shape index (κ1) is 24.7. The summed E-state index contributed by atoms with van der Waals surface area (Å²) in [5, 5.41) is 0. The minimum atomic E-state index is -0.409. The van der Waals surface area contributed by atoms with Crippen LogP contribution in [-0.2, 0) is 28.9 Å². The lowest BCUT2D eigenvalue weighted by Gasteiger charge is -2.10. The van der Waals surface area contributed by atoms with E-state index in [9.17, 15) is 14.4 Å². The van der Waals surface area contributed by atoms with E-state index in [2.05, 4.69) is 45.9 Å². The van der Waals surface area contributed by atoms with Gasteiger partial charge >= 0.3 is 18.0 Å². The van der Waals surface area contributed by atoms with Gasteiger partial charge in [0.1, 0.15) is 19.8 Å². The van der Waals surface area contributed by atoms with Crippen molar-refractivity contribution in [3.05, 3.63) is 0 Å². The van der Waals surface area contributed by atoms with Gasteiger partial charge < -0.3 is 14.2 Å². The molecule has 0 aliphatic rings. The first-order chi connectivity index (χ1) is 14.5. The second kappa shape index (κ2) is 14.7. The molecule has 1 heterocycles. The maximum Gasteiger partial charge on any atom is 0.325 e. The van der Waals surface area contributed by atoms with E-state index in [0.717, 1.165) is 0 Å². The van der Waals surface area contributed by atoms with Crippen LogP contribution in [0.4, 0.5) is 0 Å². The molecule has 15 nitrogen and oxygen atoms in total. The van der Waals surface area contributed by atoms with Crippen LogP contribution in [0.5, 0.6) is 18.0 Å². The van der Waals surface area contributed by atoms with Crippen molar-refractivity contribution in [2.75, 3.05) is 41.2 Å². The summed E-state index contributed by atoms with van der Waals surface area (Å²) in [6.45, 7) is -0.195. The van der Waals surface area contributed by atoms with E-state index in [0.29, 0.717) is 0 Å². The zero-order valence-electron chi connectivity index (χ0n) is 16.8. The second-order valence-corrected chi connectivity index (χ2v) is 5.17. The molecule has 0 aliphatic carbocycles. The zero-order chi connectivity index (χ0) is 22.2. The van der Waals surface area contributed by atoms with Crippen LogP contribution in [0.25, 0.3) is 0 Å². The number of nitrogens with zero attached hydrogens (tertiary/aromatic N) is 3. The molecule has 0 bridgehead atoms. The van der Waals surface area contributed by atoms with E-state index in [1.54, 1.807) is 0 Å². The number of hydrogen-bond donors (Lipinski definition) is 3. The van der Waals surface area contributed by atoms with Crippen molar-refractivity contribution in [2.45, 2.75) is 19.3 Å². The van der Waals surface area contributed by atoms with Gasteiger partial charge in [0, 0.05) is 0 Å². The number of hydrogen-bond acceptors (Lipinski definition) is 12.